The highest BCUT2D eigenvalue weighted by molar-refractivity contribution is 8.13. The molecule has 1 saturated carbocycles. The first-order chi connectivity index (χ1) is 7.76. The lowest BCUT2D eigenvalue weighted by Crippen LogP contribution is -2.29. The number of hydrogen-bond donors (Lipinski definition) is 1. The summed E-state index contributed by atoms with van der Waals surface area (Å²) in [5, 5.41) is 3.58. The summed E-state index contributed by atoms with van der Waals surface area (Å²) in [6.07, 6.45) is 2.77. The first-order valence-electron chi connectivity index (χ1n) is 5.26. The quantitative estimate of drug-likeness (QED) is 0.801. The van der Waals surface area contributed by atoms with E-state index in [2.05, 4.69) is 22.4 Å². The molecule has 3 nitrogen and oxygen atoms in total. The Balaban J connectivity index is 1.90. The van der Waals surface area contributed by atoms with Crippen LogP contribution >= 0.6 is 11.8 Å². The zero-order valence-electron chi connectivity index (χ0n) is 8.93. The molecule has 82 valence electrons. The van der Waals surface area contributed by atoms with Gasteiger partial charge in [-0.2, -0.15) is 0 Å². The Hall–Kier alpha value is -1.29. The molecule has 1 amide bonds. The van der Waals surface area contributed by atoms with Crippen LogP contribution in [0.1, 0.15) is 17.9 Å². The van der Waals surface area contributed by atoms with Crippen LogP contribution in [-0.4, -0.2) is 22.9 Å². The second-order valence-electron chi connectivity index (χ2n) is 4.17. The van der Waals surface area contributed by atoms with Crippen molar-refractivity contribution < 1.29 is 4.79 Å². The van der Waals surface area contributed by atoms with Crippen molar-refractivity contribution in [3.63, 3.8) is 0 Å². The highest BCUT2D eigenvalue weighted by atomic mass is 32.2. The van der Waals surface area contributed by atoms with Gasteiger partial charge in [-0.05, 0) is 18.2 Å². The van der Waals surface area contributed by atoms with Crippen LogP contribution in [0, 0.1) is 0 Å². The number of thioether (sulfide) groups is 1. The summed E-state index contributed by atoms with van der Waals surface area (Å²) in [5.41, 5.74) is 0.725. The van der Waals surface area contributed by atoms with Gasteiger partial charge in [0.25, 0.3) is 5.91 Å². The molecule has 2 unspecified atom stereocenters. The van der Waals surface area contributed by atoms with E-state index in [1.54, 1.807) is 0 Å². The van der Waals surface area contributed by atoms with Crippen molar-refractivity contribution >= 4 is 22.8 Å². The number of carbonyl (C=O) groups excluding carboxylic acids is 1. The Bertz CT molecular complexity index is 471. The van der Waals surface area contributed by atoms with E-state index in [9.17, 15) is 4.79 Å². The van der Waals surface area contributed by atoms with Gasteiger partial charge in [0.15, 0.2) is 5.17 Å². The summed E-state index contributed by atoms with van der Waals surface area (Å²) in [7, 11) is 0. The molecule has 0 bridgehead atoms. The predicted octanol–water partition coefficient (Wildman–Crippen LogP) is 1.76. The molecule has 1 fully saturated rings. The third kappa shape index (κ3) is 1.29. The lowest BCUT2D eigenvalue weighted by Gasteiger charge is -2.03. The molecule has 1 spiro atoms. The SMILES string of the molecule is CSC1=NC2(CC2c2ccccc2)C(=O)N1. The molecule has 1 aromatic carbocycles. The fourth-order valence-electron chi connectivity index (χ4n) is 2.27. The first-order valence-corrected chi connectivity index (χ1v) is 6.49. The number of benzene rings is 1. The maximum atomic E-state index is 11.9. The fraction of sp³-hybridized carbons (Fsp3) is 0.333. The third-order valence-electron chi connectivity index (χ3n) is 3.24. The van der Waals surface area contributed by atoms with Gasteiger partial charge < -0.3 is 5.32 Å². The van der Waals surface area contributed by atoms with E-state index in [0.717, 1.165) is 11.6 Å². The van der Waals surface area contributed by atoms with Crippen molar-refractivity contribution in [1.82, 2.24) is 5.32 Å². The first kappa shape index (κ1) is 9.90. The lowest BCUT2D eigenvalue weighted by atomic mass is 10.1. The average molecular weight is 232 g/mol. The van der Waals surface area contributed by atoms with Crippen LogP contribution in [0.4, 0.5) is 0 Å². The van der Waals surface area contributed by atoms with Crippen molar-refractivity contribution in [2.45, 2.75) is 17.9 Å². The number of carbonyl (C=O) groups is 1. The molecule has 0 radical (unpaired) electrons. The van der Waals surface area contributed by atoms with Gasteiger partial charge in [-0.1, -0.05) is 42.1 Å². The highest BCUT2D eigenvalue weighted by Crippen LogP contribution is 2.56. The standard InChI is InChI=1S/C12H12N2OS/c1-16-11-13-10(15)12(14-11)7-9(12)8-5-3-2-4-6-8/h2-6,9H,7H2,1H3,(H,13,14,15). The predicted molar refractivity (Wildman–Crippen MR) is 65.6 cm³/mol. The Morgan fingerprint density at radius 2 is 2.19 bits per heavy atom. The van der Waals surface area contributed by atoms with Crippen LogP contribution < -0.4 is 5.32 Å². The van der Waals surface area contributed by atoms with Gasteiger partial charge in [0.2, 0.25) is 0 Å². The lowest BCUT2D eigenvalue weighted by molar-refractivity contribution is -0.121. The molecular formula is C12H12N2OS. The zero-order valence-corrected chi connectivity index (χ0v) is 9.75. The summed E-state index contributed by atoms with van der Waals surface area (Å²) < 4.78 is 0. The molecule has 3 rings (SSSR count). The molecule has 1 aliphatic heterocycles. The molecule has 1 heterocycles. The Morgan fingerprint density at radius 1 is 1.44 bits per heavy atom. The van der Waals surface area contributed by atoms with Gasteiger partial charge in [-0.3, -0.25) is 4.79 Å². The molecular weight excluding hydrogens is 220 g/mol. The molecule has 4 heteroatoms. The van der Waals surface area contributed by atoms with Crippen molar-refractivity contribution in [3.05, 3.63) is 35.9 Å². The smallest absolute Gasteiger partial charge is 0.254 e. The second kappa shape index (κ2) is 3.35. The number of nitrogens with zero attached hydrogens (tertiary/aromatic N) is 1. The average Bonchev–Trinajstić information content (AvgIpc) is 2.95. The van der Waals surface area contributed by atoms with Crippen LogP contribution in [0.3, 0.4) is 0 Å². The van der Waals surface area contributed by atoms with E-state index in [1.807, 2.05) is 24.5 Å². The topological polar surface area (TPSA) is 41.5 Å². The van der Waals surface area contributed by atoms with Crippen LogP contribution in [-0.2, 0) is 4.79 Å². The maximum absolute atomic E-state index is 11.9. The Labute approximate surface area is 98.3 Å². The highest BCUT2D eigenvalue weighted by Gasteiger charge is 2.63. The van der Waals surface area contributed by atoms with Crippen molar-refractivity contribution in [1.29, 1.82) is 0 Å². The minimum Gasteiger partial charge on any atom is -0.303 e. The molecule has 16 heavy (non-hydrogen) atoms. The molecule has 0 aromatic heterocycles. The van der Waals surface area contributed by atoms with Gasteiger partial charge >= 0.3 is 0 Å². The number of amides is 1. The van der Waals surface area contributed by atoms with Crippen molar-refractivity contribution in [2.24, 2.45) is 4.99 Å². The van der Waals surface area contributed by atoms with Gasteiger partial charge in [-0.25, -0.2) is 4.99 Å². The minimum atomic E-state index is -0.486. The number of nitrogens with one attached hydrogen (secondary N) is 1. The second-order valence-corrected chi connectivity index (χ2v) is 4.96. The van der Waals surface area contributed by atoms with Gasteiger partial charge in [-0.15, -0.1) is 0 Å². The van der Waals surface area contributed by atoms with E-state index in [-0.39, 0.29) is 11.8 Å². The number of rotatable bonds is 1. The molecule has 2 atom stereocenters. The third-order valence-corrected chi connectivity index (χ3v) is 3.82. The molecule has 2 aliphatic rings. The van der Waals surface area contributed by atoms with Crippen molar-refractivity contribution in [2.75, 3.05) is 6.26 Å². The van der Waals surface area contributed by atoms with Crippen LogP contribution in [0.5, 0.6) is 0 Å². The molecule has 0 saturated heterocycles. The summed E-state index contributed by atoms with van der Waals surface area (Å²) in [6.45, 7) is 0. The van der Waals surface area contributed by atoms with E-state index in [1.165, 1.54) is 17.3 Å². The summed E-state index contributed by atoms with van der Waals surface area (Å²) in [5.74, 6) is 0.323. The van der Waals surface area contributed by atoms with Gasteiger partial charge in [0.05, 0.1) is 0 Å². The summed E-state index contributed by atoms with van der Waals surface area (Å²) in [6, 6.07) is 10.1. The molecule has 1 aromatic rings. The largest absolute Gasteiger partial charge is 0.303 e. The normalized spacial score (nSPS) is 31.4. The Kier molecular flexibility index (Phi) is 2.07. The van der Waals surface area contributed by atoms with Crippen LogP contribution in [0.2, 0.25) is 0 Å². The Morgan fingerprint density at radius 3 is 2.81 bits per heavy atom. The number of amidine groups is 1. The minimum absolute atomic E-state index is 0.0608. The monoisotopic (exact) mass is 232 g/mol. The van der Waals surface area contributed by atoms with Gasteiger partial charge in [0.1, 0.15) is 5.54 Å². The number of hydrogen-bond acceptors (Lipinski definition) is 3. The molecule has 1 aliphatic carbocycles. The number of aliphatic imine (C=N–C) groups is 1. The summed E-state index contributed by atoms with van der Waals surface area (Å²) in [4.78, 5) is 16.4. The van der Waals surface area contributed by atoms with Gasteiger partial charge in [0, 0.05) is 5.92 Å². The van der Waals surface area contributed by atoms with E-state index < -0.39 is 5.54 Å². The van der Waals surface area contributed by atoms with E-state index >= 15 is 0 Å². The fourth-order valence-corrected chi connectivity index (χ4v) is 2.72. The van der Waals surface area contributed by atoms with Crippen LogP contribution in [0.25, 0.3) is 0 Å². The van der Waals surface area contributed by atoms with Crippen LogP contribution in [0.15, 0.2) is 35.3 Å². The molecule has 1 N–H and O–H groups in total. The van der Waals surface area contributed by atoms with E-state index in [4.69, 9.17) is 0 Å². The summed E-state index contributed by atoms with van der Waals surface area (Å²) >= 11 is 1.49. The zero-order chi connectivity index (χ0) is 11.2. The van der Waals surface area contributed by atoms with E-state index in [0.29, 0.717) is 0 Å². The maximum Gasteiger partial charge on any atom is 0.254 e. The van der Waals surface area contributed by atoms with Crippen molar-refractivity contribution in [3.8, 4) is 0 Å².